The predicted octanol–water partition coefficient (Wildman–Crippen LogP) is 1.54. The first-order valence-corrected chi connectivity index (χ1v) is 4.78. The van der Waals surface area contributed by atoms with E-state index in [4.69, 9.17) is 17.6 Å². The largest absolute Gasteiger partial charge is 0.444 e. The van der Waals surface area contributed by atoms with Crippen LogP contribution in [0, 0.1) is 30.6 Å². The number of hydrogen-bond acceptors (Lipinski definition) is 2. The minimum Gasteiger partial charge on any atom is -0.444 e. The summed E-state index contributed by atoms with van der Waals surface area (Å²) in [5.74, 6) is 4.98. The average Bonchev–Trinajstić information content (AvgIpc) is 2.76. The number of carbonyl (C=O) groups is 1. The summed E-state index contributed by atoms with van der Waals surface area (Å²) in [6.45, 7) is 5.38. The highest BCUT2D eigenvalue weighted by Gasteiger charge is 2.54. The first kappa shape index (κ1) is 11.5. The molecule has 1 amide bonds. The summed E-state index contributed by atoms with van der Waals surface area (Å²) in [5, 5.41) is 2.63. The molecule has 1 N–H and O–H groups in total. The molecular formula is C12H15NO2. The molecule has 80 valence electrons. The normalized spacial score (nSPS) is 28.5. The van der Waals surface area contributed by atoms with Crippen molar-refractivity contribution in [2.75, 3.05) is 0 Å². The van der Waals surface area contributed by atoms with Gasteiger partial charge in [-0.1, -0.05) is 11.8 Å². The third-order valence-corrected chi connectivity index (χ3v) is 2.14. The van der Waals surface area contributed by atoms with E-state index in [1.165, 1.54) is 0 Å². The van der Waals surface area contributed by atoms with Crippen LogP contribution in [0.25, 0.3) is 0 Å². The Hall–Kier alpha value is -1.61. The Bertz CT molecular complexity index is 353. The highest BCUT2D eigenvalue weighted by Crippen LogP contribution is 2.42. The zero-order chi connectivity index (χ0) is 11.7. The van der Waals surface area contributed by atoms with Crippen LogP contribution < -0.4 is 5.32 Å². The Morgan fingerprint density at radius 3 is 2.47 bits per heavy atom. The number of carbonyl (C=O) groups excluding carboxylic acids is 1. The quantitative estimate of drug-likeness (QED) is 0.659. The molecule has 2 atom stereocenters. The van der Waals surface area contributed by atoms with Crippen molar-refractivity contribution in [1.29, 1.82) is 0 Å². The van der Waals surface area contributed by atoms with Crippen LogP contribution in [-0.4, -0.2) is 17.2 Å². The van der Waals surface area contributed by atoms with Gasteiger partial charge in [0, 0.05) is 6.42 Å². The highest BCUT2D eigenvalue weighted by atomic mass is 16.6. The van der Waals surface area contributed by atoms with Crippen LogP contribution in [0.15, 0.2) is 0 Å². The van der Waals surface area contributed by atoms with E-state index in [2.05, 4.69) is 17.2 Å². The lowest BCUT2D eigenvalue weighted by atomic mass is 10.2. The van der Waals surface area contributed by atoms with E-state index in [0.29, 0.717) is 6.42 Å². The van der Waals surface area contributed by atoms with Crippen molar-refractivity contribution in [2.24, 2.45) is 5.92 Å². The van der Waals surface area contributed by atoms with Crippen molar-refractivity contribution >= 4 is 6.09 Å². The topological polar surface area (TPSA) is 38.3 Å². The molecule has 1 aliphatic carbocycles. The van der Waals surface area contributed by atoms with Crippen molar-refractivity contribution in [3.8, 4) is 24.7 Å². The molecule has 0 radical (unpaired) electrons. The lowest BCUT2D eigenvalue weighted by molar-refractivity contribution is 0.0508. The molecule has 0 bridgehead atoms. The molecule has 15 heavy (non-hydrogen) atoms. The summed E-state index contributed by atoms with van der Waals surface area (Å²) in [6.07, 6.45) is 10.7. The second-order valence-corrected chi connectivity index (χ2v) is 4.67. The first-order valence-electron chi connectivity index (χ1n) is 4.78. The molecule has 0 heterocycles. The standard InChI is InChI=1S/C12H15NO2/c1-6-9-8-12(9,7-2)13-10(14)15-11(3,4)5/h1-2,9H,8H2,3-5H3,(H,13,14)/t9-,12-/m1/s1. The van der Waals surface area contributed by atoms with Gasteiger partial charge in [0.05, 0.1) is 5.92 Å². The number of rotatable bonds is 1. The van der Waals surface area contributed by atoms with Gasteiger partial charge in [0.25, 0.3) is 0 Å². The molecule has 0 aromatic heterocycles. The van der Waals surface area contributed by atoms with Gasteiger partial charge in [-0.15, -0.1) is 12.8 Å². The molecule has 1 fully saturated rings. The van der Waals surface area contributed by atoms with E-state index < -0.39 is 17.2 Å². The minimum absolute atomic E-state index is 0.0741. The van der Waals surface area contributed by atoms with E-state index in [0.717, 1.165) is 0 Å². The van der Waals surface area contributed by atoms with Crippen molar-refractivity contribution < 1.29 is 9.53 Å². The summed E-state index contributed by atoms with van der Waals surface area (Å²) in [4.78, 5) is 11.4. The summed E-state index contributed by atoms with van der Waals surface area (Å²) in [5.41, 5.74) is -1.21. The van der Waals surface area contributed by atoms with E-state index in [1.807, 2.05) is 0 Å². The summed E-state index contributed by atoms with van der Waals surface area (Å²) in [7, 11) is 0. The zero-order valence-corrected chi connectivity index (χ0v) is 9.26. The van der Waals surface area contributed by atoms with E-state index >= 15 is 0 Å². The Labute approximate surface area is 90.6 Å². The maximum Gasteiger partial charge on any atom is 0.408 e. The molecule has 0 saturated heterocycles. The number of terminal acetylenes is 2. The third-order valence-electron chi connectivity index (χ3n) is 2.14. The summed E-state index contributed by atoms with van der Waals surface area (Å²) in [6, 6.07) is 0. The van der Waals surface area contributed by atoms with Crippen molar-refractivity contribution in [3.05, 3.63) is 0 Å². The summed E-state index contributed by atoms with van der Waals surface area (Å²) >= 11 is 0. The first-order chi connectivity index (χ1) is 6.83. The highest BCUT2D eigenvalue weighted by molar-refractivity contribution is 5.71. The lowest BCUT2D eigenvalue weighted by Gasteiger charge is -2.21. The van der Waals surface area contributed by atoms with Crippen LogP contribution in [0.4, 0.5) is 4.79 Å². The van der Waals surface area contributed by atoms with Gasteiger partial charge < -0.3 is 10.1 Å². The van der Waals surface area contributed by atoms with Gasteiger partial charge in [-0.2, -0.15) is 0 Å². The number of hydrogen-bond donors (Lipinski definition) is 1. The van der Waals surface area contributed by atoms with Crippen LogP contribution in [0.3, 0.4) is 0 Å². The molecule has 0 aromatic carbocycles. The third kappa shape index (κ3) is 2.67. The van der Waals surface area contributed by atoms with Crippen LogP contribution >= 0.6 is 0 Å². The molecule has 1 rings (SSSR count). The van der Waals surface area contributed by atoms with Gasteiger partial charge in [-0.3, -0.25) is 0 Å². The van der Waals surface area contributed by atoms with Crippen LogP contribution in [0.5, 0.6) is 0 Å². The van der Waals surface area contributed by atoms with Crippen molar-refractivity contribution in [1.82, 2.24) is 5.32 Å². The van der Waals surface area contributed by atoms with Gasteiger partial charge in [-0.25, -0.2) is 4.79 Å². The van der Waals surface area contributed by atoms with E-state index in [9.17, 15) is 4.79 Å². The molecule has 3 heteroatoms. The Morgan fingerprint density at radius 1 is 1.53 bits per heavy atom. The van der Waals surface area contributed by atoms with Crippen LogP contribution in [0.2, 0.25) is 0 Å². The Morgan fingerprint density at radius 2 is 2.13 bits per heavy atom. The fourth-order valence-corrected chi connectivity index (χ4v) is 1.28. The maximum atomic E-state index is 11.4. The van der Waals surface area contributed by atoms with Gasteiger partial charge in [0.1, 0.15) is 11.1 Å². The monoisotopic (exact) mass is 205 g/mol. The molecule has 1 aliphatic rings. The van der Waals surface area contributed by atoms with Gasteiger partial charge in [0.15, 0.2) is 0 Å². The fraction of sp³-hybridized carbons (Fsp3) is 0.583. The molecule has 0 aliphatic heterocycles. The molecule has 3 nitrogen and oxygen atoms in total. The molecular weight excluding hydrogens is 190 g/mol. The number of ether oxygens (including phenoxy) is 1. The van der Waals surface area contributed by atoms with Crippen molar-refractivity contribution in [3.63, 3.8) is 0 Å². The predicted molar refractivity (Wildman–Crippen MR) is 57.9 cm³/mol. The molecule has 0 spiro atoms. The second kappa shape index (κ2) is 3.51. The average molecular weight is 205 g/mol. The lowest BCUT2D eigenvalue weighted by Crippen LogP contribution is -2.41. The fourth-order valence-electron chi connectivity index (χ4n) is 1.28. The number of alkyl carbamates (subject to hydrolysis) is 1. The zero-order valence-electron chi connectivity index (χ0n) is 9.26. The molecule has 0 aromatic rings. The van der Waals surface area contributed by atoms with Crippen molar-refractivity contribution in [2.45, 2.75) is 38.3 Å². The SMILES string of the molecule is C#C[C@@H]1C[C@@]1(C#C)NC(=O)OC(C)(C)C. The van der Waals surface area contributed by atoms with Gasteiger partial charge >= 0.3 is 6.09 Å². The minimum atomic E-state index is -0.683. The maximum absolute atomic E-state index is 11.4. The number of nitrogens with one attached hydrogen (secondary N) is 1. The number of amides is 1. The Kier molecular flexibility index (Phi) is 2.69. The summed E-state index contributed by atoms with van der Waals surface area (Å²) < 4.78 is 5.09. The Balaban J connectivity index is 2.54. The van der Waals surface area contributed by atoms with Gasteiger partial charge in [-0.05, 0) is 20.8 Å². The second-order valence-electron chi connectivity index (χ2n) is 4.67. The van der Waals surface area contributed by atoms with Crippen LogP contribution in [-0.2, 0) is 4.74 Å². The smallest absolute Gasteiger partial charge is 0.408 e. The van der Waals surface area contributed by atoms with E-state index in [1.54, 1.807) is 20.8 Å². The molecule has 1 saturated carbocycles. The van der Waals surface area contributed by atoms with E-state index in [-0.39, 0.29) is 5.92 Å². The molecule has 0 unspecified atom stereocenters. The van der Waals surface area contributed by atoms with Crippen LogP contribution in [0.1, 0.15) is 27.2 Å². The van der Waals surface area contributed by atoms with Gasteiger partial charge in [0.2, 0.25) is 0 Å².